The maximum absolute atomic E-state index is 4.91. The molecule has 1 aliphatic rings. The molecular weight excluding hydrogens is 130 g/mol. The van der Waals surface area contributed by atoms with E-state index in [1.807, 2.05) is 12.2 Å². The first-order valence-corrected chi connectivity index (χ1v) is 3.32. The van der Waals surface area contributed by atoms with Crippen LogP contribution < -0.4 is 5.32 Å². The minimum atomic E-state index is 0.822. The van der Waals surface area contributed by atoms with Gasteiger partial charge in [0.15, 0.2) is 0 Å². The summed E-state index contributed by atoms with van der Waals surface area (Å²) in [6.45, 7) is 2.92. The van der Waals surface area contributed by atoms with Gasteiger partial charge < -0.3 is 5.32 Å². The number of nitrogens with one attached hydrogen (secondary N) is 1. The van der Waals surface area contributed by atoms with Crippen LogP contribution in [0.25, 0.3) is 0 Å². The van der Waals surface area contributed by atoms with Crippen molar-refractivity contribution in [3.63, 3.8) is 0 Å². The molecule has 0 aromatic carbocycles. The Hall–Kier alpha value is -0.630. The molecule has 0 aliphatic carbocycles. The molecule has 1 N–H and O–H groups in total. The van der Waals surface area contributed by atoms with Crippen molar-refractivity contribution >= 4 is 17.2 Å². The Balaban J connectivity index is 2.69. The lowest BCUT2D eigenvalue weighted by Gasteiger charge is -1.94. The zero-order valence-corrected chi connectivity index (χ0v) is 6.16. The Morgan fingerprint density at radius 1 is 1.56 bits per heavy atom. The second-order valence-electron chi connectivity index (χ2n) is 2.03. The highest BCUT2D eigenvalue weighted by molar-refractivity contribution is 7.80. The third-order valence-corrected chi connectivity index (χ3v) is 1.48. The van der Waals surface area contributed by atoms with Crippen molar-refractivity contribution in [1.29, 1.82) is 0 Å². The van der Waals surface area contributed by atoms with Gasteiger partial charge in [0.2, 0.25) is 0 Å². The third kappa shape index (κ3) is 1.98. The van der Waals surface area contributed by atoms with Gasteiger partial charge in [0.1, 0.15) is 0 Å². The van der Waals surface area contributed by atoms with Crippen LogP contribution in [0.1, 0.15) is 6.92 Å². The van der Waals surface area contributed by atoms with E-state index in [9.17, 15) is 0 Å². The van der Waals surface area contributed by atoms with Crippen LogP contribution in [0.3, 0.4) is 0 Å². The summed E-state index contributed by atoms with van der Waals surface area (Å²) in [5.74, 6) is 0. The summed E-state index contributed by atoms with van der Waals surface area (Å²) in [7, 11) is 0. The highest BCUT2D eigenvalue weighted by atomic mass is 32.1. The van der Waals surface area contributed by atoms with Gasteiger partial charge >= 0.3 is 0 Å². The third-order valence-electron chi connectivity index (χ3n) is 1.20. The lowest BCUT2D eigenvalue weighted by atomic mass is 10.3. The molecule has 0 fully saturated rings. The Morgan fingerprint density at radius 2 is 2.33 bits per heavy atom. The van der Waals surface area contributed by atoms with E-state index in [0.717, 1.165) is 11.5 Å². The molecule has 0 saturated carbocycles. The summed E-state index contributed by atoms with van der Waals surface area (Å²) in [5.41, 5.74) is 1.27. The molecule has 0 amide bonds. The number of rotatable bonds is 0. The SMILES string of the molecule is CC1=CCNC(=S)C=C1. The fourth-order valence-corrected chi connectivity index (χ4v) is 0.798. The molecule has 0 radical (unpaired) electrons. The predicted molar refractivity (Wildman–Crippen MR) is 43.5 cm³/mol. The second-order valence-corrected chi connectivity index (χ2v) is 2.47. The van der Waals surface area contributed by atoms with Crippen molar-refractivity contribution in [3.05, 3.63) is 23.8 Å². The largest absolute Gasteiger partial charge is 0.373 e. The molecule has 0 spiro atoms. The molecule has 0 saturated heterocycles. The van der Waals surface area contributed by atoms with Crippen LogP contribution in [-0.2, 0) is 0 Å². The minimum Gasteiger partial charge on any atom is -0.373 e. The Kier molecular flexibility index (Phi) is 2.01. The molecule has 0 bridgehead atoms. The topological polar surface area (TPSA) is 12.0 Å². The lowest BCUT2D eigenvalue weighted by molar-refractivity contribution is 1.07. The highest BCUT2D eigenvalue weighted by Gasteiger charge is 1.91. The van der Waals surface area contributed by atoms with E-state index in [1.165, 1.54) is 5.57 Å². The van der Waals surface area contributed by atoms with Gasteiger partial charge in [-0.05, 0) is 13.0 Å². The molecule has 9 heavy (non-hydrogen) atoms. The average molecular weight is 139 g/mol. The van der Waals surface area contributed by atoms with Crippen molar-refractivity contribution < 1.29 is 0 Å². The normalized spacial score (nSPS) is 18.3. The Labute approximate surface area is 60.5 Å². The van der Waals surface area contributed by atoms with Gasteiger partial charge in [-0.3, -0.25) is 0 Å². The van der Waals surface area contributed by atoms with E-state index in [2.05, 4.69) is 18.3 Å². The molecule has 1 rings (SSSR count). The van der Waals surface area contributed by atoms with E-state index in [1.54, 1.807) is 0 Å². The first kappa shape index (κ1) is 6.49. The molecule has 1 aliphatic heterocycles. The van der Waals surface area contributed by atoms with Crippen LogP contribution in [0.15, 0.2) is 23.8 Å². The van der Waals surface area contributed by atoms with Crippen LogP contribution in [0.2, 0.25) is 0 Å². The van der Waals surface area contributed by atoms with Crippen molar-refractivity contribution in [3.8, 4) is 0 Å². The fourth-order valence-electron chi connectivity index (χ4n) is 0.647. The van der Waals surface area contributed by atoms with E-state index in [-0.39, 0.29) is 0 Å². The van der Waals surface area contributed by atoms with Gasteiger partial charge in [0.05, 0.1) is 4.99 Å². The number of allylic oxidation sites excluding steroid dienone is 2. The molecular formula is C7H9NS. The quantitative estimate of drug-likeness (QED) is 0.509. The summed E-state index contributed by atoms with van der Waals surface area (Å²) in [6, 6.07) is 0. The zero-order valence-electron chi connectivity index (χ0n) is 5.35. The van der Waals surface area contributed by atoms with Crippen LogP contribution in [-0.4, -0.2) is 11.5 Å². The van der Waals surface area contributed by atoms with Gasteiger partial charge in [-0.15, -0.1) is 0 Å². The van der Waals surface area contributed by atoms with Crippen molar-refractivity contribution in [2.24, 2.45) is 0 Å². The van der Waals surface area contributed by atoms with Gasteiger partial charge in [-0.1, -0.05) is 29.9 Å². The summed E-state index contributed by atoms with van der Waals surface area (Å²) in [6.07, 6.45) is 6.03. The van der Waals surface area contributed by atoms with Crippen molar-refractivity contribution in [2.45, 2.75) is 6.92 Å². The minimum absolute atomic E-state index is 0.822. The van der Waals surface area contributed by atoms with Crippen molar-refractivity contribution in [2.75, 3.05) is 6.54 Å². The maximum atomic E-state index is 4.91. The maximum Gasteiger partial charge on any atom is 0.0990 e. The van der Waals surface area contributed by atoms with E-state index in [0.29, 0.717) is 0 Å². The molecule has 0 unspecified atom stereocenters. The Bertz CT molecular complexity index is 179. The molecule has 48 valence electrons. The smallest absolute Gasteiger partial charge is 0.0990 e. The molecule has 1 heterocycles. The summed E-state index contributed by atoms with van der Waals surface area (Å²) in [4.78, 5) is 0.822. The van der Waals surface area contributed by atoms with E-state index < -0.39 is 0 Å². The van der Waals surface area contributed by atoms with E-state index in [4.69, 9.17) is 12.2 Å². The van der Waals surface area contributed by atoms with E-state index >= 15 is 0 Å². The molecule has 0 atom stereocenters. The number of thiocarbonyl (C=S) groups is 1. The molecule has 2 heteroatoms. The molecule has 0 aromatic rings. The highest BCUT2D eigenvalue weighted by Crippen LogP contribution is 1.96. The first-order valence-electron chi connectivity index (χ1n) is 2.92. The molecule has 0 aromatic heterocycles. The predicted octanol–water partition coefficient (Wildman–Crippen LogP) is 1.42. The second kappa shape index (κ2) is 2.78. The van der Waals surface area contributed by atoms with Gasteiger partial charge in [-0.2, -0.15) is 0 Å². The monoisotopic (exact) mass is 139 g/mol. The zero-order chi connectivity index (χ0) is 6.69. The standard InChI is InChI=1S/C7H9NS/c1-6-2-3-7(9)8-5-4-6/h2-4H,5H2,1H3,(H,8,9). The number of hydrogen-bond donors (Lipinski definition) is 1. The van der Waals surface area contributed by atoms with Gasteiger partial charge in [-0.25, -0.2) is 0 Å². The summed E-state index contributed by atoms with van der Waals surface area (Å²) in [5, 5.41) is 3.04. The number of hydrogen-bond acceptors (Lipinski definition) is 1. The van der Waals surface area contributed by atoms with Crippen LogP contribution in [0.4, 0.5) is 0 Å². The summed E-state index contributed by atoms with van der Waals surface area (Å²) < 4.78 is 0. The Morgan fingerprint density at radius 3 is 3.11 bits per heavy atom. The van der Waals surface area contributed by atoms with Crippen LogP contribution >= 0.6 is 12.2 Å². The average Bonchev–Trinajstić information content (AvgIpc) is 1.97. The molecule has 1 nitrogen and oxygen atoms in total. The van der Waals surface area contributed by atoms with Crippen LogP contribution in [0.5, 0.6) is 0 Å². The fraction of sp³-hybridized carbons (Fsp3) is 0.286. The van der Waals surface area contributed by atoms with Gasteiger partial charge in [0, 0.05) is 6.54 Å². The van der Waals surface area contributed by atoms with Gasteiger partial charge in [0.25, 0.3) is 0 Å². The first-order chi connectivity index (χ1) is 4.29. The summed E-state index contributed by atoms with van der Waals surface area (Å²) >= 11 is 4.91. The lowest BCUT2D eigenvalue weighted by Crippen LogP contribution is -2.17. The van der Waals surface area contributed by atoms with Crippen molar-refractivity contribution in [1.82, 2.24) is 5.32 Å². The van der Waals surface area contributed by atoms with Crippen LogP contribution in [0, 0.1) is 0 Å².